The van der Waals surface area contributed by atoms with Crippen LogP contribution in [0.25, 0.3) is 16.7 Å². The van der Waals surface area contributed by atoms with E-state index in [9.17, 15) is 9.59 Å². The molecule has 3 aromatic heterocycles. The highest BCUT2D eigenvalue weighted by Gasteiger charge is 2.14. The first kappa shape index (κ1) is 17.4. The molecule has 140 valence electrons. The summed E-state index contributed by atoms with van der Waals surface area (Å²) in [5.74, 6) is 0.699. The minimum Gasteiger partial charge on any atom is -0.497 e. The van der Waals surface area contributed by atoms with Gasteiger partial charge in [0.05, 0.1) is 12.6 Å². The third-order valence-electron chi connectivity index (χ3n) is 4.28. The minimum atomic E-state index is -0.479. The normalized spacial score (nSPS) is 10.8. The zero-order valence-electron chi connectivity index (χ0n) is 14.9. The second-order valence-corrected chi connectivity index (χ2v) is 5.95. The third kappa shape index (κ3) is 3.20. The number of aromatic nitrogens is 5. The average molecular weight is 376 g/mol. The Kier molecular flexibility index (Phi) is 4.55. The van der Waals surface area contributed by atoms with Crippen molar-refractivity contribution in [1.29, 1.82) is 0 Å². The number of fused-ring (bicyclic) bond motifs is 1. The summed E-state index contributed by atoms with van der Waals surface area (Å²) in [6.45, 7) is 0.182. The summed E-state index contributed by atoms with van der Waals surface area (Å²) in [6.07, 6.45) is 5.96. The lowest BCUT2D eigenvalue weighted by Gasteiger charge is -2.10. The molecule has 0 unspecified atom stereocenters. The number of nitrogens with zero attached hydrogens (tertiary/aromatic N) is 4. The van der Waals surface area contributed by atoms with Gasteiger partial charge in [-0.3, -0.25) is 9.59 Å². The number of benzene rings is 1. The highest BCUT2D eigenvalue weighted by Crippen LogP contribution is 2.17. The van der Waals surface area contributed by atoms with Crippen molar-refractivity contribution in [3.05, 3.63) is 76.7 Å². The van der Waals surface area contributed by atoms with E-state index < -0.39 is 5.91 Å². The summed E-state index contributed by atoms with van der Waals surface area (Å²) in [7, 11) is 1.55. The topological polar surface area (TPSA) is 115 Å². The van der Waals surface area contributed by atoms with E-state index in [1.165, 1.54) is 23.5 Å². The predicted octanol–water partition coefficient (Wildman–Crippen LogP) is 1.44. The van der Waals surface area contributed by atoms with Crippen molar-refractivity contribution in [3.63, 3.8) is 0 Å². The number of carbonyl (C=O) groups is 1. The van der Waals surface area contributed by atoms with Crippen molar-refractivity contribution in [2.24, 2.45) is 0 Å². The number of hydrogen-bond donors (Lipinski definition) is 2. The van der Waals surface area contributed by atoms with Gasteiger partial charge in [0.15, 0.2) is 5.82 Å². The van der Waals surface area contributed by atoms with Crippen molar-refractivity contribution in [2.75, 3.05) is 7.11 Å². The molecule has 9 heteroatoms. The van der Waals surface area contributed by atoms with Gasteiger partial charge in [0, 0.05) is 36.0 Å². The standard InChI is InChI=1S/C19H16N6O3/c1-28-13-4-5-14-16(7-13)22-9-15(17(14)26)19(27)23-8-12-3-2-6-21-18(12)25-11-20-10-24-25/h2-7,9-11H,8H2,1H3,(H,22,26)(H,23,27). The van der Waals surface area contributed by atoms with Gasteiger partial charge < -0.3 is 15.0 Å². The van der Waals surface area contributed by atoms with E-state index >= 15 is 0 Å². The van der Waals surface area contributed by atoms with Gasteiger partial charge in [0.2, 0.25) is 5.43 Å². The molecule has 9 nitrogen and oxygen atoms in total. The van der Waals surface area contributed by atoms with E-state index in [-0.39, 0.29) is 17.5 Å². The molecule has 4 aromatic rings. The maximum atomic E-state index is 12.7. The molecule has 3 heterocycles. The molecule has 0 radical (unpaired) electrons. The number of carbonyl (C=O) groups excluding carboxylic acids is 1. The number of hydrogen-bond acceptors (Lipinski definition) is 6. The van der Waals surface area contributed by atoms with Crippen molar-refractivity contribution in [3.8, 4) is 11.6 Å². The number of amides is 1. The highest BCUT2D eigenvalue weighted by atomic mass is 16.5. The molecular formula is C19H16N6O3. The molecular weight excluding hydrogens is 360 g/mol. The van der Waals surface area contributed by atoms with Gasteiger partial charge in [0.25, 0.3) is 5.91 Å². The predicted molar refractivity (Wildman–Crippen MR) is 101 cm³/mol. The molecule has 0 spiro atoms. The average Bonchev–Trinajstić information content (AvgIpc) is 3.27. The first-order valence-corrected chi connectivity index (χ1v) is 8.44. The highest BCUT2D eigenvalue weighted by molar-refractivity contribution is 5.97. The summed E-state index contributed by atoms with van der Waals surface area (Å²) in [5, 5.41) is 7.24. The summed E-state index contributed by atoms with van der Waals surface area (Å²) in [5.41, 5.74) is 1.02. The molecule has 0 aliphatic heterocycles. The van der Waals surface area contributed by atoms with Gasteiger partial charge in [-0.25, -0.2) is 14.6 Å². The van der Waals surface area contributed by atoms with Crippen LogP contribution in [0.2, 0.25) is 0 Å². The maximum Gasteiger partial charge on any atom is 0.257 e. The fourth-order valence-electron chi connectivity index (χ4n) is 2.86. The Bertz CT molecular complexity index is 1200. The number of ether oxygens (including phenoxy) is 1. The van der Waals surface area contributed by atoms with Crippen LogP contribution in [0.1, 0.15) is 15.9 Å². The third-order valence-corrected chi connectivity index (χ3v) is 4.28. The first-order chi connectivity index (χ1) is 13.7. The molecule has 0 aliphatic rings. The van der Waals surface area contributed by atoms with Crippen LogP contribution >= 0.6 is 0 Å². The van der Waals surface area contributed by atoms with Gasteiger partial charge in [-0.2, -0.15) is 5.10 Å². The van der Waals surface area contributed by atoms with Gasteiger partial charge in [-0.05, 0) is 18.2 Å². The van der Waals surface area contributed by atoms with Crippen LogP contribution in [0.3, 0.4) is 0 Å². The van der Waals surface area contributed by atoms with Crippen molar-refractivity contribution in [1.82, 2.24) is 30.0 Å². The lowest BCUT2D eigenvalue weighted by molar-refractivity contribution is 0.0949. The van der Waals surface area contributed by atoms with Crippen LogP contribution in [0, 0.1) is 0 Å². The fraction of sp³-hybridized carbons (Fsp3) is 0.105. The smallest absolute Gasteiger partial charge is 0.257 e. The minimum absolute atomic E-state index is 0.0314. The SMILES string of the molecule is COc1ccc2c(=O)c(C(=O)NCc3cccnc3-n3cncn3)c[nH]c2c1. The Morgan fingerprint density at radius 3 is 3.00 bits per heavy atom. The molecule has 4 rings (SSSR count). The van der Waals surface area contributed by atoms with Crippen LogP contribution in [-0.4, -0.2) is 37.7 Å². The molecule has 1 aromatic carbocycles. The summed E-state index contributed by atoms with van der Waals surface area (Å²) >= 11 is 0. The molecule has 0 bridgehead atoms. The van der Waals surface area contributed by atoms with E-state index in [1.54, 1.807) is 37.6 Å². The van der Waals surface area contributed by atoms with Gasteiger partial charge >= 0.3 is 0 Å². The number of methoxy groups -OCH3 is 1. The van der Waals surface area contributed by atoms with E-state index in [0.29, 0.717) is 22.5 Å². The van der Waals surface area contributed by atoms with E-state index in [0.717, 1.165) is 5.56 Å². The van der Waals surface area contributed by atoms with Crippen molar-refractivity contribution in [2.45, 2.75) is 6.54 Å². The van der Waals surface area contributed by atoms with Gasteiger partial charge in [0.1, 0.15) is 24.0 Å². The lowest BCUT2D eigenvalue weighted by Crippen LogP contribution is -2.29. The molecule has 2 N–H and O–H groups in total. The summed E-state index contributed by atoms with van der Waals surface area (Å²) in [6, 6.07) is 8.60. The largest absolute Gasteiger partial charge is 0.497 e. The quantitative estimate of drug-likeness (QED) is 0.545. The van der Waals surface area contributed by atoms with Gasteiger partial charge in [-0.1, -0.05) is 6.07 Å². The molecule has 0 aliphatic carbocycles. The monoisotopic (exact) mass is 376 g/mol. The van der Waals surface area contributed by atoms with Crippen LogP contribution in [0.5, 0.6) is 5.75 Å². The number of aromatic amines is 1. The molecule has 0 saturated heterocycles. The van der Waals surface area contributed by atoms with Crippen LogP contribution in [-0.2, 0) is 6.54 Å². The van der Waals surface area contributed by atoms with Gasteiger partial charge in [-0.15, -0.1) is 0 Å². The first-order valence-electron chi connectivity index (χ1n) is 8.44. The number of rotatable bonds is 5. The maximum absolute atomic E-state index is 12.7. The van der Waals surface area contributed by atoms with Crippen LogP contribution < -0.4 is 15.5 Å². The second-order valence-electron chi connectivity index (χ2n) is 5.95. The number of nitrogens with one attached hydrogen (secondary N) is 2. The number of H-pyrrole nitrogens is 1. The fourth-order valence-corrected chi connectivity index (χ4v) is 2.86. The Hall–Kier alpha value is -4.01. The molecule has 28 heavy (non-hydrogen) atoms. The molecule has 0 atom stereocenters. The summed E-state index contributed by atoms with van der Waals surface area (Å²) in [4.78, 5) is 36.4. The zero-order chi connectivity index (χ0) is 19.5. The van der Waals surface area contributed by atoms with Crippen LogP contribution in [0.4, 0.5) is 0 Å². The Morgan fingerprint density at radius 1 is 1.32 bits per heavy atom. The molecule has 0 fully saturated rings. The van der Waals surface area contributed by atoms with E-state index in [4.69, 9.17) is 4.74 Å². The van der Waals surface area contributed by atoms with Crippen molar-refractivity contribution < 1.29 is 9.53 Å². The molecule has 0 saturated carbocycles. The Balaban J connectivity index is 1.58. The van der Waals surface area contributed by atoms with Crippen molar-refractivity contribution >= 4 is 16.8 Å². The second kappa shape index (κ2) is 7.31. The Labute approximate surface area is 159 Å². The number of pyridine rings is 2. The van der Waals surface area contributed by atoms with Crippen LogP contribution in [0.15, 0.2) is 60.2 Å². The Morgan fingerprint density at radius 2 is 2.21 bits per heavy atom. The zero-order valence-corrected chi connectivity index (χ0v) is 14.9. The summed E-state index contributed by atoms with van der Waals surface area (Å²) < 4.78 is 6.66. The molecule has 1 amide bonds. The van der Waals surface area contributed by atoms with E-state index in [1.807, 2.05) is 6.07 Å². The lowest BCUT2D eigenvalue weighted by atomic mass is 10.1. The van der Waals surface area contributed by atoms with E-state index in [2.05, 4.69) is 25.4 Å².